The number of carbonyl (C=O) groups excluding carboxylic acids is 1. The van der Waals surface area contributed by atoms with E-state index < -0.39 is 40.6 Å². The second-order valence-electron chi connectivity index (χ2n) is 5.27. The molecule has 0 aliphatic carbocycles. The van der Waals surface area contributed by atoms with Crippen molar-refractivity contribution in [2.75, 3.05) is 31.1 Å². The minimum atomic E-state index is -2.29. The van der Waals surface area contributed by atoms with E-state index in [9.17, 15) is 26.7 Å². The molecule has 5 nitrogen and oxygen atoms in total. The van der Waals surface area contributed by atoms with Crippen molar-refractivity contribution in [2.45, 2.75) is 0 Å². The highest BCUT2D eigenvalue weighted by Gasteiger charge is 2.33. The first-order valence-electron chi connectivity index (χ1n) is 7.24. The molecule has 0 atom stereocenters. The third-order valence-corrected chi connectivity index (χ3v) is 3.83. The van der Waals surface area contributed by atoms with E-state index in [2.05, 4.69) is 9.97 Å². The maximum Gasteiger partial charge on any atom is 0.260 e. The van der Waals surface area contributed by atoms with Crippen LogP contribution in [0.3, 0.4) is 0 Å². The van der Waals surface area contributed by atoms with Gasteiger partial charge in [0.25, 0.3) is 5.91 Å². The molecule has 1 saturated heterocycles. The lowest BCUT2D eigenvalue weighted by Gasteiger charge is -2.34. The summed E-state index contributed by atoms with van der Waals surface area (Å²) < 4.78 is 67.1. The van der Waals surface area contributed by atoms with Crippen molar-refractivity contribution < 1.29 is 26.7 Å². The predicted molar refractivity (Wildman–Crippen MR) is 76.4 cm³/mol. The van der Waals surface area contributed by atoms with Gasteiger partial charge in [0.15, 0.2) is 23.3 Å². The van der Waals surface area contributed by atoms with Gasteiger partial charge >= 0.3 is 0 Å². The Morgan fingerprint density at radius 1 is 0.800 bits per heavy atom. The zero-order valence-corrected chi connectivity index (χ0v) is 12.6. The van der Waals surface area contributed by atoms with Crippen LogP contribution in [0.15, 0.2) is 18.5 Å². The monoisotopic (exact) mass is 358 g/mol. The molecule has 1 amide bonds. The Morgan fingerprint density at radius 2 is 1.28 bits per heavy atom. The van der Waals surface area contributed by atoms with E-state index in [0.29, 0.717) is 5.95 Å². The second kappa shape index (κ2) is 6.61. The van der Waals surface area contributed by atoms with Crippen LogP contribution in [0.25, 0.3) is 0 Å². The second-order valence-corrected chi connectivity index (χ2v) is 5.27. The van der Waals surface area contributed by atoms with Gasteiger partial charge in [-0.3, -0.25) is 4.79 Å². The molecular formula is C15H11F5N4O. The van der Waals surface area contributed by atoms with Crippen LogP contribution in [0.1, 0.15) is 10.4 Å². The van der Waals surface area contributed by atoms with E-state index in [1.807, 2.05) is 0 Å². The lowest BCUT2D eigenvalue weighted by atomic mass is 10.1. The van der Waals surface area contributed by atoms with Gasteiger partial charge in [0.05, 0.1) is 0 Å². The van der Waals surface area contributed by atoms with Crippen molar-refractivity contribution in [1.29, 1.82) is 0 Å². The molecule has 0 unspecified atom stereocenters. The summed E-state index contributed by atoms with van der Waals surface area (Å²) in [6, 6.07) is 1.63. The number of anilines is 1. The van der Waals surface area contributed by atoms with E-state index in [-0.39, 0.29) is 26.2 Å². The average Bonchev–Trinajstić information content (AvgIpc) is 2.65. The van der Waals surface area contributed by atoms with Gasteiger partial charge in [-0.15, -0.1) is 0 Å². The third kappa shape index (κ3) is 2.99. The maximum absolute atomic E-state index is 13.8. The van der Waals surface area contributed by atoms with Crippen LogP contribution >= 0.6 is 0 Å². The summed E-state index contributed by atoms with van der Waals surface area (Å²) in [7, 11) is 0. The van der Waals surface area contributed by atoms with Crippen LogP contribution in [0.4, 0.5) is 27.9 Å². The molecule has 1 aliphatic heterocycles. The third-order valence-electron chi connectivity index (χ3n) is 3.83. The lowest BCUT2D eigenvalue weighted by Crippen LogP contribution is -2.49. The quantitative estimate of drug-likeness (QED) is 0.469. The molecule has 132 valence electrons. The summed E-state index contributed by atoms with van der Waals surface area (Å²) in [4.78, 5) is 23.1. The highest BCUT2D eigenvalue weighted by Crippen LogP contribution is 2.24. The van der Waals surface area contributed by atoms with Crippen molar-refractivity contribution in [2.24, 2.45) is 0 Å². The van der Waals surface area contributed by atoms with Gasteiger partial charge in [0.1, 0.15) is 5.56 Å². The number of nitrogens with zero attached hydrogens (tertiary/aromatic N) is 4. The Kier molecular flexibility index (Phi) is 4.51. The number of benzene rings is 1. The van der Waals surface area contributed by atoms with Crippen molar-refractivity contribution in [1.82, 2.24) is 14.9 Å². The fourth-order valence-electron chi connectivity index (χ4n) is 2.51. The van der Waals surface area contributed by atoms with Crippen molar-refractivity contribution in [3.8, 4) is 0 Å². The fourth-order valence-corrected chi connectivity index (χ4v) is 2.51. The fraction of sp³-hybridized carbons (Fsp3) is 0.267. The predicted octanol–water partition coefficient (Wildman–Crippen LogP) is 2.13. The maximum atomic E-state index is 13.8. The Labute approximate surface area is 138 Å². The van der Waals surface area contributed by atoms with Crippen LogP contribution in [0, 0.1) is 29.1 Å². The molecule has 2 heterocycles. The zero-order chi connectivity index (χ0) is 18.1. The van der Waals surface area contributed by atoms with E-state index in [4.69, 9.17) is 0 Å². The molecule has 2 aromatic rings. The number of aromatic nitrogens is 2. The highest BCUT2D eigenvalue weighted by atomic mass is 19.2. The first-order chi connectivity index (χ1) is 11.9. The summed E-state index contributed by atoms with van der Waals surface area (Å²) in [6.45, 7) is 0.559. The van der Waals surface area contributed by atoms with Gasteiger partial charge in [0, 0.05) is 38.6 Å². The van der Waals surface area contributed by atoms with Crippen LogP contribution in [0.5, 0.6) is 0 Å². The topological polar surface area (TPSA) is 49.3 Å². The standard InChI is InChI=1S/C15H11F5N4O/c16-9-8(10(17)12(19)13(20)11(9)18)14(25)23-4-6-24(7-5-23)15-21-2-1-3-22-15/h1-3H,4-7H2. The molecule has 1 fully saturated rings. The molecular weight excluding hydrogens is 347 g/mol. The number of rotatable bonds is 2. The molecule has 0 spiro atoms. The summed E-state index contributed by atoms with van der Waals surface area (Å²) in [5.74, 6) is -11.7. The number of carbonyl (C=O) groups is 1. The summed E-state index contributed by atoms with van der Waals surface area (Å²) in [5.41, 5.74) is -1.44. The number of amides is 1. The SMILES string of the molecule is O=C(c1c(F)c(F)c(F)c(F)c1F)N1CCN(c2ncccn2)CC1. The first kappa shape index (κ1) is 17.1. The Morgan fingerprint density at radius 3 is 1.80 bits per heavy atom. The molecule has 0 N–H and O–H groups in total. The van der Waals surface area contributed by atoms with Crippen molar-refractivity contribution in [3.63, 3.8) is 0 Å². The summed E-state index contributed by atoms with van der Waals surface area (Å²) in [5, 5.41) is 0. The molecule has 1 aromatic heterocycles. The van der Waals surface area contributed by atoms with Crippen LogP contribution in [0.2, 0.25) is 0 Å². The highest BCUT2D eigenvalue weighted by molar-refractivity contribution is 5.95. The van der Waals surface area contributed by atoms with E-state index in [1.165, 1.54) is 12.4 Å². The molecule has 0 bridgehead atoms. The summed E-state index contributed by atoms with van der Waals surface area (Å²) >= 11 is 0. The number of halogens is 5. The lowest BCUT2D eigenvalue weighted by molar-refractivity contribution is 0.0733. The average molecular weight is 358 g/mol. The van der Waals surface area contributed by atoms with Gasteiger partial charge in [-0.2, -0.15) is 0 Å². The Balaban J connectivity index is 1.80. The van der Waals surface area contributed by atoms with E-state index in [1.54, 1.807) is 11.0 Å². The van der Waals surface area contributed by atoms with Gasteiger partial charge in [-0.05, 0) is 6.07 Å². The Bertz CT molecular complexity index is 780. The van der Waals surface area contributed by atoms with E-state index >= 15 is 0 Å². The van der Waals surface area contributed by atoms with Crippen LogP contribution in [-0.4, -0.2) is 47.0 Å². The van der Waals surface area contributed by atoms with Crippen molar-refractivity contribution >= 4 is 11.9 Å². The number of hydrogen-bond acceptors (Lipinski definition) is 4. The smallest absolute Gasteiger partial charge is 0.260 e. The van der Waals surface area contributed by atoms with Gasteiger partial charge in [0.2, 0.25) is 11.8 Å². The summed E-state index contributed by atoms with van der Waals surface area (Å²) in [6.07, 6.45) is 3.07. The molecule has 25 heavy (non-hydrogen) atoms. The largest absolute Gasteiger partial charge is 0.337 e. The van der Waals surface area contributed by atoms with Crippen LogP contribution in [-0.2, 0) is 0 Å². The Hall–Kier alpha value is -2.78. The molecule has 3 rings (SSSR count). The van der Waals surface area contributed by atoms with E-state index in [0.717, 1.165) is 4.90 Å². The van der Waals surface area contributed by atoms with Gasteiger partial charge in [-0.1, -0.05) is 0 Å². The first-order valence-corrected chi connectivity index (χ1v) is 7.24. The molecule has 0 saturated carbocycles. The number of piperazine rings is 1. The molecule has 10 heteroatoms. The van der Waals surface area contributed by atoms with Gasteiger partial charge in [-0.25, -0.2) is 31.9 Å². The minimum absolute atomic E-state index is 0.0244. The molecule has 0 radical (unpaired) electrons. The minimum Gasteiger partial charge on any atom is -0.337 e. The van der Waals surface area contributed by atoms with Gasteiger partial charge < -0.3 is 9.80 Å². The zero-order valence-electron chi connectivity index (χ0n) is 12.6. The molecule has 1 aliphatic rings. The van der Waals surface area contributed by atoms with Crippen molar-refractivity contribution in [3.05, 3.63) is 53.1 Å². The van der Waals surface area contributed by atoms with Crippen LogP contribution < -0.4 is 4.90 Å². The number of hydrogen-bond donors (Lipinski definition) is 0. The normalized spacial score (nSPS) is 14.8. The molecule has 1 aromatic carbocycles.